The summed E-state index contributed by atoms with van der Waals surface area (Å²) >= 11 is 0. The number of hydrogen-bond acceptors (Lipinski definition) is 0. The molecule has 0 aliphatic heterocycles. The molecule has 0 spiro atoms. The summed E-state index contributed by atoms with van der Waals surface area (Å²) in [5, 5.41) is 1.30. The Morgan fingerprint density at radius 2 is 1.32 bits per heavy atom. The predicted molar refractivity (Wildman–Crippen MR) is 118 cm³/mol. The minimum atomic E-state index is -1.05. The van der Waals surface area contributed by atoms with E-state index in [0.29, 0.717) is 16.5 Å². The maximum absolute atomic E-state index is 15.2. The summed E-state index contributed by atoms with van der Waals surface area (Å²) in [7, 11) is 0. The molecule has 0 radical (unpaired) electrons. The maximum atomic E-state index is 15.2. The van der Waals surface area contributed by atoms with Crippen LogP contribution in [-0.2, 0) is 6.42 Å². The first kappa shape index (κ1) is 21.1. The lowest BCUT2D eigenvalue weighted by Gasteiger charge is -2.11. The molecule has 4 aromatic rings. The van der Waals surface area contributed by atoms with Gasteiger partial charge >= 0.3 is 0 Å². The number of hydrogen-bond donors (Lipinski definition) is 0. The molecule has 0 bridgehead atoms. The van der Waals surface area contributed by atoms with Gasteiger partial charge in [0.05, 0.1) is 0 Å². The van der Waals surface area contributed by atoms with Crippen LogP contribution in [-0.4, -0.2) is 0 Å². The maximum Gasteiger partial charge on any atom is 0.159 e. The molecular formula is C27H22F4. The van der Waals surface area contributed by atoms with Crippen LogP contribution in [0.4, 0.5) is 17.6 Å². The summed E-state index contributed by atoms with van der Waals surface area (Å²) in [6.45, 7) is 2.16. The summed E-state index contributed by atoms with van der Waals surface area (Å²) in [5.41, 5.74) is 2.20. The monoisotopic (exact) mass is 422 g/mol. The van der Waals surface area contributed by atoms with Gasteiger partial charge in [-0.25, -0.2) is 17.6 Å². The summed E-state index contributed by atoms with van der Waals surface area (Å²) < 4.78 is 56.7. The number of benzene rings is 4. The Bertz CT molecular complexity index is 1240. The molecular weight excluding hydrogens is 400 g/mol. The van der Waals surface area contributed by atoms with E-state index in [4.69, 9.17) is 0 Å². The number of unbranched alkanes of at least 4 members (excludes halogenated alkanes) is 2. The van der Waals surface area contributed by atoms with Crippen molar-refractivity contribution in [3.8, 4) is 22.3 Å². The third-order valence-corrected chi connectivity index (χ3v) is 5.60. The van der Waals surface area contributed by atoms with E-state index >= 15 is 4.39 Å². The Hall–Kier alpha value is -3.14. The number of halogens is 4. The topological polar surface area (TPSA) is 0 Å². The van der Waals surface area contributed by atoms with Crippen LogP contribution in [0.15, 0.2) is 66.7 Å². The van der Waals surface area contributed by atoms with Gasteiger partial charge in [0, 0.05) is 16.5 Å². The minimum Gasteiger partial charge on any atom is -0.206 e. The molecule has 0 aromatic heterocycles. The zero-order chi connectivity index (χ0) is 22.0. The SMILES string of the molecule is CCCCCc1ccc2c(F)c(-c3ccc(-c4ccc(F)c(F)c4)c(F)c3)ccc2c1. The summed E-state index contributed by atoms with van der Waals surface area (Å²) in [6.07, 6.45) is 4.38. The summed E-state index contributed by atoms with van der Waals surface area (Å²) in [4.78, 5) is 0. The molecule has 0 atom stereocenters. The van der Waals surface area contributed by atoms with Gasteiger partial charge in [0.15, 0.2) is 11.6 Å². The molecule has 0 unspecified atom stereocenters. The second kappa shape index (κ2) is 8.93. The second-order valence-corrected chi connectivity index (χ2v) is 7.76. The van der Waals surface area contributed by atoms with Crippen molar-refractivity contribution in [1.29, 1.82) is 0 Å². The zero-order valence-corrected chi connectivity index (χ0v) is 17.2. The van der Waals surface area contributed by atoms with Gasteiger partial charge in [0.1, 0.15) is 11.6 Å². The first-order chi connectivity index (χ1) is 15.0. The third-order valence-electron chi connectivity index (χ3n) is 5.60. The van der Waals surface area contributed by atoms with Crippen LogP contribution in [0.25, 0.3) is 33.0 Å². The van der Waals surface area contributed by atoms with E-state index in [0.717, 1.165) is 43.2 Å². The molecule has 0 heterocycles. The van der Waals surface area contributed by atoms with Crippen LogP contribution in [0.2, 0.25) is 0 Å². The molecule has 4 aromatic carbocycles. The van der Waals surface area contributed by atoms with E-state index in [2.05, 4.69) is 6.92 Å². The fraction of sp³-hybridized carbons (Fsp3) is 0.185. The number of aryl methyl sites for hydroxylation is 1. The molecule has 0 N–H and O–H groups in total. The van der Waals surface area contributed by atoms with Gasteiger partial charge in [0.2, 0.25) is 0 Å². The van der Waals surface area contributed by atoms with Crippen molar-refractivity contribution in [2.45, 2.75) is 32.6 Å². The Morgan fingerprint density at radius 3 is 2.06 bits per heavy atom. The Morgan fingerprint density at radius 1 is 0.613 bits per heavy atom. The van der Waals surface area contributed by atoms with Crippen LogP contribution in [0.1, 0.15) is 31.7 Å². The van der Waals surface area contributed by atoms with Gasteiger partial charge in [-0.3, -0.25) is 0 Å². The van der Waals surface area contributed by atoms with Crippen LogP contribution < -0.4 is 0 Å². The van der Waals surface area contributed by atoms with Gasteiger partial charge in [-0.15, -0.1) is 0 Å². The number of fused-ring (bicyclic) bond motifs is 1. The molecule has 0 fully saturated rings. The van der Waals surface area contributed by atoms with E-state index in [1.807, 2.05) is 18.2 Å². The normalized spacial score (nSPS) is 11.3. The second-order valence-electron chi connectivity index (χ2n) is 7.76. The fourth-order valence-corrected chi connectivity index (χ4v) is 3.88. The van der Waals surface area contributed by atoms with Crippen LogP contribution >= 0.6 is 0 Å². The van der Waals surface area contributed by atoms with Crippen molar-refractivity contribution in [1.82, 2.24) is 0 Å². The highest BCUT2D eigenvalue weighted by Gasteiger charge is 2.14. The van der Waals surface area contributed by atoms with E-state index < -0.39 is 23.3 Å². The standard InChI is InChI=1S/C27H22F4/c1-2-3-4-5-17-6-10-22-18(14-17)8-12-23(27(22)31)20-7-11-21(25(29)15-20)19-9-13-24(28)26(30)16-19/h6-16H,2-5H2,1H3. The quantitative estimate of drug-likeness (QED) is 0.216. The van der Waals surface area contributed by atoms with Crippen molar-refractivity contribution in [2.24, 2.45) is 0 Å². The molecule has 4 rings (SSSR count). The van der Waals surface area contributed by atoms with Crippen molar-refractivity contribution in [2.75, 3.05) is 0 Å². The molecule has 158 valence electrons. The van der Waals surface area contributed by atoms with Crippen molar-refractivity contribution in [3.05, 3.63) is 95.6 Å². The van der Waals surface area contributed by atoms with E-state index in [9.17, 15) is 13.2 Å². The molecule has 0 nitrogen and oxygen atoms in total. The van der Waals surface area contributed by atoms with Crippen molar-refractivity contribution < 1.29 is 17.6 Å². The Balaban J connectivity index is 1.68. The van der Waals surface area contributed by atoms with Gasteiger partial charge < -0.3 is 0 Å². The highest BCUT2D eigenvalue weighted by molar-refractivity contribution is 5.89. The largest absolute Gasteiger partial charge is 0.206 e. The lowest BCUT2D eigenvalue weighted by atomic mass is 9.96. The average Bonchev–Trinajstić information content (AvgIpc) is 2.76. The molecule has 4 heteroatoms. The van der Waals surface area contributed by atoms with Gasteiger partial charge in [-0.1, -0.05) is 68.3 Å². The van der Waals surface area contributed by atoms with Crippen LogP contribution in [0.5, 0.6) is 0 Å². The van der Waals surface area contributed by atoms with Crippen molar-refractivity contribution in [3.63, 3.8) is 0 Å². The molecule has 0 aliphatic carbocycles. The van der Waals surface area contributed by atoms with Gasteiger partial charge in [-0.2, -0.15) is 0 Å². The molecule has 0 saturated carbocycles. The minimum absolute atomic E-state index is 0.126. The Kier molecular flexibility index (Phi) is 6.08. The smallest absolute Gasteiger partial charge is 0.159 e. The fourth-order valence-electron chi connectivity index (χ4n) is 3.88. The van der Waals surface area contributed by atoms with Crippen LogP contribution in [0, 0.1) is 23.3 Å². The zero-order valence-electron chi connectivity index (χ0n) is 17.2. The summed E-state index contributed by atoms with van der Waals surface area (Å²) in [5.74, 6) is -3.07. The van der Waals surface area contributed by atoms with E-state index in [1.165, 1.54) is 23.8 Å². The Labute approximate surface area is 179 Å². The molecule has 0 saturated heterocycles. The molecule has 31 heavy (non-hydrogen) atoms. The first-order valence-corrected chi connectivity index (χ1v) is 10.4. The number of rotatable bonds is 6. The lowest BCUT2D eigenvalue weighted by molar-refractivity contribution is 0.509. The van der Waals surface area contributed by atoms with Gasteiger partial charge in [0.25, 0.3) is 0 Å². The lowest BCUT2D eigenvalue weighted by Crippen LogP contribution is -1.92. The highest BCUT2D eigenvalue weighted by atomic mass is 19.2. The highest BCUT2D eigenvalue weighted by Crippen LogP contribution is 2.33. The predicted octanol–water partition coefficient (Wildman–Crippen LogP) is 8.46. The molecule has 0 amide bonds. The third kappa shape index (κ3) is 4.34. The van der Waals surface area contributed by atoms with Gasteiger partial charge in [-0.05, 0) is 53.1 Å². The van der Waals surface area contributed by atoms with E-state index in [-0.39, 0.29) is 11.1 Å². The molecule has 0 aliphatic rings. The summed E-state index contributed by atoms with van der Waals surface area (Å²) in [6, 6.07) is 16.7. The average molecular weight is 422 g/mol. The first-order valence-electron chi connectivity index (χ1n) is 10.4. The van der Waals surface area contributed by atoms with Crippen LogP contribution in [0.3, 0.4) is 0 Å². The van der Waals surface area contributed by atoms with Crippen molar-refractivity contribution >= 4 is 10.8 Å². The van der Waals surface area contributed by atoms with E-state index in [1.54, 1.807) is 18.2 Å².